The van der Waals surface area contributed by atoms with Crippen molar-refractivity contribution in [2.24, 2.45) is 0 Å². The monoisotopic (exact) mass is 617 g/mol. The van der Waals surface area contributed by atoms with Crippen LogP contribution < -0.4 is 20.1 Å². The number of rotatable bonds is 12. The van der Waals surface area contributed by atoms with Gasteiger partial charge >= 0.3 is 5.97 Å². The highest BCUT2D eigenvalue weighted by molar-refractivity contribution is 6.15. The van der Waals surface area contributed by atoms with E-state index in [-0.39, 0.29) is 37.1 Å². The quantitative estimate of drug-likeness (QED) is 0.142. The Kier molecular flexibility index (Phi) is 8.69. The predicted octanol–water partition coefficient (Wildman–Crippen LogP) is 6.10. The SMILES string of the molecule is O=C(NCCOc1ccc(CC(Oc2ccc(F)cc2)C(=O)O)cc1)c1ccc(NC(=O)c2ccc3cc2c2cc3ccn2)cc1. The van der Waals surface area contributed by atoms with E-state index in [0.717, 1.165) is 21.7 Å². The van der Waals surface area contributed by atoms with E-state index in [9.17, 15) is 23.9 Å². The molecule has 230 valence electrons. The van der Waals surface area contributed by atoms with Crippen molar-refractivity contribution in [3.05, 3.63) is 132 Å². The number of hydrogen-bond acceptors (Lipinski definition) is 6. The standard InChI is InChI=1S/C36H28FN3O6/c37-26-6-12-29(13-7-26)46-33(36(43)44)19-22-1-10-28(11-2-22)45-18-17-39-34(41)23-3-8-27(9-4-23)40-35(42)30-14-5-24-20-31(30)32-21-25(24)15-16-38-32/h1-16,20-21,33H,17-19H2,(H,39,41)(H,40,42)(H,43,44). The van der Waals surface area contributed by atoms with Gasteiger partial charge in [-0.15, -0.1) is 0 Å². The van der Waals surface area contributed by atoms with Crippen molar-refractivity contribution in [1.82, 2.24) is 10.3 Å². The number of carboxylic acids is 1. The minimum absolute atomic E-state index is 0.103. The van der Waals surface area contributed by atoms with Crippen molar-refractivity contribution in [3.8, 4) is 11.5 Å². The zero-order valence-electron chi connectivity index (χ0n) is 24.4. The zero-order chi connectivity index (χ0) is 32.0. The second-order valence-corrected chi connectivity index (χ2v) is 10.6. The first-order valence-electron chi connectivity index (χ1n) is 14.5. The summed E-state index contributed by atoms with van der Waals surface area (Å²) in [5.41, 5.74) is 2.97. The summed E-state index contributed by atoms with van der Waals surface area (Å²) in [7, 11) is 0. The summed E-state index contributed by atoms with van der Waals surface area (Å²) in [6.07, 6.45) is 0.690. The Morgan fingerprint density at radius 2 is 1.52 bits per heavy atom. The number of nitrogens with one attached hydrogen (secondary N) is 2. The summed E-state index contributed by atoms with van der Waals surface area (Å²) < 4.78 is 24.3. The summed E-state index contributed by atoms with van der Waals surface area (Å²) in [4.78, 5) is 41.7. The average Bonchev–Trinajstić information content (AvgIpc) is 3.07. The Hall–Kier alpha value is -6.03. The Bertz CT molecular complexity index is 2000. The number of benzene rings is 5. The van der Waals surface area contributed by atoms with Gasteiger partial charge < -0.3 is 25.2 Å². The van der Waals surface area contributed by atoms with E-state index in [4.69, 9.17) is 9.47 Å². The van der Waals surface area contributed by atoms with Crippen LogP contribution in [0.1, 0.15) is 26.3 Å². The molecule has 4 bridgehead atoms. The molecule has 1 aromatic heterocycles. The Morgan fingerprint density at radius 1 is 0.804 bits per heavy atom. The fraction of sp³-hybridized carbons (Fsp3) is 0.111. The van der Waals surface area contributed by atoms with E-state index in [1.54, 1.807) is 60.8 Å². The van der Waals surface area contributed by atoms with Crippen LogP contribution in [0.25, 0.3) is 21.7 Å². The maximum Gasteiger partial charge on any atom is 0.345 e. The predicted molar refractivity (Wildman–Crippen MR) is 171 cm³/mol. The third-order valence-electron chi connectivity index (χ3n) is 7.41. The number of ether oxygens (including phenoxy) is 2. The van der Waals surface area contributed by atoms with Crippen molar-refractivity contribution < 1.29 is 33.4 Å². The Labute approximate surface area is 262 Å². The minimum atomic E-state index is -1.15. The van der Waals surface area contributed by atoms with Crippen LogP contribution >= 0.6 is 0 Å². The van der Waals surface area contributed by atoms with Gasteiger partial charge in [-0.05, 0) is 101 Å². The number of amides is 2. The van der Waals surface area contributed by atoms with Crippen LogP contribution in [-0.2, 0) is 11.2 Å². The van der Waals surface area contributed by atoms with Gasteiger partial charge in [0.1, 0.15) is 23.9 Å². The molecule has 9 nitrogen and oxygen atoms in total. The lowest BCUT2D eigenvalue weighted by molar-refractivity contribution is -0.145. The zero-order valence-corrected chi connectivity index (χ0v) is 24.4. The maximum absolute atomic E-state index is 13.1. The molecule has 2 amide bonds. The molecule has 6 aromatic rings. The largest absolute Gasteiger partial charge is 0.492 e. The fourth-order valence-corrected chi connectivity index (χ4v) is 5.02. The van der Waals surface area contributed by atoms with Gasteiger partial charge in [-0.3, -0.25) is 14.6 Å². The molecule has 0 spiro atoms. The molecule has 1 atom stereocenters. The molecular formula is C36H28FN3O6. The fourth-order valence-electron chi connectivity index (χ4n) is 5.02. The molecule has 0 radical (unpaired) electrons. The number of carboxylic acid groups (broad SMARTS) is 1. The van der Waals surface area contributed by atoms with Crippen LogP contribution in [0.15, 0.2) is 109 Å². The topological polar surface area (TPSA) is 127 Å². The highest BCUT2D eigenvalue weighted by Crippen LogP contribution is 2.27. The smallest absolute Gasteiger partial charge is 0.345 e. The normalized spacial score (nSPS) is 11.7. The number of halogens is 1. The first kappa shape index (κ1) is 30.0. The number of fused-ring (bicyclic) bond motifs is 6. The second-order valence-electron chi connectivity index (χ2n) is 10.6. The second kappa shape index (κ2) is 13.3. The molecule has 46 heavy (non-hydrogen) atoms. The summed E-state index contributed by atoms with van der Waals surface area (Å²) in [6, 6.07) is 28.2. The van der Waals surface area contributed by atoms with Gasteiger partial charge in [0.05, 0.1) is 12.1 Å². The first-order chi connectivity index (χ1) is 22.3. The third-order valence-corrected chi connectivity index (χ3v) is 7.41. The number of anilines is 1. The van der Waals surface area contributed by atoms with Gasteiger partial charge in [-0.1, -0.05) is 18.2 Å². The molecule has 10 heteroatoms. The van der Waals surface area contributed by atoms with Crippen molar-refractivity contribution in [1.29, 1.82) is 0 Å². The van der Waals surface area contributed by atoms with E-state index in [1.807, 2.05) is 24.3 Å². The van der Waals surface area contributed by atoms with Crippen LogP contribution in [-0.4, -0.2) is 47.1 Å². The van der Waals surface area contributed by atoms with E-state index in [1.165, 1.54) is 24.3 Å². The van der Waals surface area contributed by atoms with Crippen LogP contribution in [0.2, 0.25) is 0 Å². The summed E-state index contributed by atoms with van der Waals surface area (Å²) >= 11 is 0. The molecule has 1 heterocycles. The molecule has 6 rings (SSSR count). The summed E-state index contributed by atoms with van der Waals surface area (Å²) in [5, 5.41) is 18.1. The minimum Gasteiger partial charge on any atom is -0.492 e. The average molecular weight is 618 g/mol. The van der Waals surface area contributed by atoms with Crippen LogP contribution in [0.5, 0.6) is 11.5 Å². The number of carbonyl (C=O) groups is 3. The van der Waals surface area contributed by atoms with Gasteiger partial charge in [0.25, 0.3) is 11.8 Å². The van der Waals surface area contributed by atoms with Gasteiger partial charge in [0.2, 0.25) is 0 Å². The van der Waals surface area contributed by atoms with Crippen molar-refractivity contribution >= 4 is 45.1 Å². The number of pyridine rings is 1. The van der Waals surface area contributed by atoms with Gasteiger partial charge in [-0.25, -0.2) is 9.18 Å². The molecule has 0 aliphatic carbocycles. The summed E-state index contributed by atoms with van der Waals surface area (Å²) in [6.45, 7) is 0.462. The Morgan fingerprint density at radius 3 is 2.26 bits per heavy atom. The van der Waals surface area contributed by atoms with Crippen LogP contribution in [0.4, 0.5) is 10.1 Å². The van der Waals surface area contributed by atoms with Crippen molar-refractivity contribution in [3.63, 3.8) is 0 Å². The lowest BCUT2D eigenvalue weighted by Crippen LogP contribution is -2.29. The van der Waals surface area contributed by atoms with Gasteiger partial charge in [0.15, 0.2) is 6.10 Å². The molecule has 0 fully saturated rings. The molecular weight excluding hydrogens is 589 g/mol. The third kappa shape index (κ3) is 7.02. The van der Waals surface area contributed by atoms with E-state index in [2.05, 4.69) is 15.6 Å². The van der Waals surface area contributed by atoms with Gasteiger partial charge in [-0.2, -0.15) is 0 Å². The maximum atomic E-state index is 13.1. The van der Waals surface area contributed by atoms with E-state index >= 15 is 0 Å². The number of hydrogen-bond donors (Lipinski definition) is 3. The molecule has 5 aromatic carbocycles. The number of aromatic nitrogens is 1. The van der Waals surface area contributed by atoms with E-state index in [0.29, 0.717) is 28.1 Å². The number of carbonyl (C=O) groups excluding carboxylic acids is 2. The van der Waals surface area contributed by atoms with E-state index < -0.39 is 17.9 Å². The number of nitrogens with zero attached hydrogens (tertiary/aromatic N) is 1. The molecule has 3 N–H and O–H groups in total. The number of aliphatic carboxylic acids is 1. The summed E-state index contributed by atoms with van der Waals surface area (Å²) in [5.74, 6) is -1.31. The van der Waals surface area contributed by atoms with Gasteiger partial charge in [0, 0.05) is 34.8 Å². The molecule has 0 saturated heterocycles. The van der Waals surface area contributed by atoms with Crippen LogP contribution in [0.3, 0.4) is 0 Å². The lowest BCUT2D eigenvalue weighted by atomic mass is 10.0. The van der Waals surface area contributed by atoms with Crippen molar-refractivity contribution in [2.45, 2.75) is 12.5 Å². The Balaban J connectivity index is 0.958. The highest BCUT2D eigenvalue weighted by Gasteiger charge is 2.20. The molecule has 1 unspecified atom stereocenters. The lowest BCUT2D eigenvalue weighted by Gasteiger charge is -2.15. The highest BCUT2D eigenvalue weighted by atomic mass is 19.1. The van der Waals surface area contributed by atoms with Crippen molar-refractivity contribution in [2.75, 3.05) is 18.5 Å². The molecule has 0 saturated carbocycles. The first-order valence-corrected chi connectivity index (χ1v) is 14.5. The van der Waals surface area contributed by atoms with Crippen LogP contribution in [0, 0.1) is 5.82 Å². The molecule has 0 aliphatic heterocycles. The molecule has 0 aliphatic rings.